The van der Waals surface area contributed by atoms with Crippen LogP contribution in [0.5, 0.6) is 5.75 Å². The molecular weight excluding hydrogens is 496 g/mol. The van der Waals surface area contributed by atoms with E-state index in [1.54, 1.807) is 0 Å². The molecular formula is C34H36N4O2. The quantitative estimate of drug-likeness (QED) is 0.418. The molecule has 2 atom stereocenters. The number of para-hydroxylation sites is 1. The Labute approximate surface area is 236 Å². The Bertz CT molecular complexity index is 1530. The topological polar surface area (TPSA) is 50.6 Å². The van der Waals surface area contributed by atoms with Gasteiger partial charge in [-0.1, -0.05) is 54.6 Å². The fraction of sp³-hybridized carbons (Fsp3) is 0.353. The maximum Gasteiger partial charge on any atom is 0.254 e. The molecule has 6 heteroatoms. The zero-order chi connectivity index (χ0) is 27.1. The number of piperazine rings is 1. The number of ether oxygens (including phenoxy) is 1. The molecule has 6 nitrogen and oxygen atoms in total. The molecule has 0 radical (unpaired) electrons. The van der Waals surface area contributed by atoms with Crippen molar-refractivity contribution in [2.24, 2.45) is 0 Å². The second-order valence-corrected chi connectivity index (χ2v) is 11.8. The first-order valence-electron chi connectivity index (χ1n) is 14.5. The molecule has 4 aliphatic rings. The molecule has 2 aliphatic heterocycles. The number of amides is 1. The molecule has 204 valence electrons. The van der Waals surface area contributed by atoms with Gasteiger partial charge < -0.3 is 14.2 Å². The van der Waals surface area contributed by atoms with Gasteiger partial charge in [-0.05, 0) is 66.7 Å². The highest BCUT2D eigenvalue weighted by atomic mass is 16.5. The predicted octanol–water partition coefficient (Wildman–Crippen LogP) is 5.45. The Kier molecular flexibility index (Phi) is 6.43. The van der Waals surface area contributed by atoms with E-state index in [1.165, 1.54) is 28.0 Å². The number of carbonyl (C=O) groups excluding carboxylic acids is 1. The summed E-state index contributed by atoms with van der Waals surface area (Å²) in [5, 5.41) is 0. The molecule has 2 aromatic carbocycles. The minimum Gasteiger partial charge on any atom is -0.483 e. The summed E-state index contributed by atoms with van der Waals surface area (Å²) in [6.07, 6.45) is 18.6. The van der Waals surface area contributed by atoms with Crippen molar-refractivity contribution in [2.75, 3.05) is 19.6 Å². The van der Waals surface area contributed by atoms with Crippen LogP contribution in [0.4, 0.5) is 0 Å². The first-order chi connectivity index (χ1) is 19.5. The first kappa shape index (κ1) is 25.1. The molecule has 0 saturated carbocycles. The Hall–Kier alpha value is -3.90. The molecule has 2 unspecified atom stereocenters. The minimum absolute atomic E-state index is 0.155. The van der Waals surface area contributed by atoms with Gasteiger partial charge in [-0.3, -0.25) is 9.69 Å². The van der Waals surface area contributed by atoms with Crippen molar-refractivity contribution < 1.29 is 9.53 Å². The van der Waals surface area contributed by atoms with Gasteiger partial charge in [0.25, 0.3) is 5.91 Å². The fourth-order valence-electron chi connectivity index (χ4n) is 6.74. The highest BCUT2D eigenvalue weighted by molar-refractivity contribution is 5.97. The number of nitrogens with zero attached hydrogens (tertiary/aromatic N) is 4. The summed E-state index contributed by atoms with van der Waals surface area (Å²) in [4.78, 5) is 23.1. The van der Waals surface area contributed by atoms with Crippen LogP contribution in [-0.2, 0) is 25.9 Å². The second-order valence-electron chi connectivity index (χ2n) is 11.8. The Morgan fingerprint density at radius 2 is 1.98 bits per heavy atom. The predicted molar refractivity (Wildman–Crippen MR) is 157 cm³/mol. The lowest BCUT2D eigenvalue weighted by atomic mass is 9.91. The smallest absolute Gasteiger partial charge is 0.254 e. The van der Waals surface area contributed by atoms with Gasteiger partial charge in [0.15, 0.2) is 0 Å². The molecule has 2 aliphatic carbocycles. The number of aromatic nitrogens is 2. The van der Waals surface area contributed by atoms with Crippen LogP contribution in [0.2, 0.25) is 0 Å². The number of fused-ring (bicyclic) bond motifs is 5. The number of rotatable bonds is 1. The van der Waals surface area contributed by atoms with E-state index in [0.29, 0.717) is 13.1 Å². The highest BCUT2D eigenvalue weighted by Gasteiger charge is 2.34. The lowest BCUT2D eigenvalue weighted by molar-refractivity contribution is 0.0449. The minimum atomic E-state index is -0.413. The van der Waals surface area contributed by atoms with Crippen molar-refractivity contribution in [3.05, 3.63) is 113 Å². The Balaban J connectivity index is 1.23. The van der Waals surface area contributed by atoms with Crippen molar-refractivity contribution in [1.29, 1.82) is 0 Å². The van der Waals surface area contributed by atoms with E-state index in [2.05, 4.69) is 87.0 Å². The van der Waals surface area contributed by atoms with Crippen LogP contribution in [0, 0.1) is 0 Å². The van der Waals surface area contributed by atoms with Crippen LogP contribution >= 0.6 is 0 Å². The number of carbonyl (C=O) groups is 1. The van der Waals surface area contributed by atoms with E-state index >= 15 is 0 Å². The van der Waals surface area contributed by atoms with Gasteiger partial charge >= 0.3 is 0 Å². The van der Waals surface area contributed by atoms with Crippen LogP contribution in [0.1, 0.15) is 52.5 Å². The van der Waals surface area contributed by atoms with Gasteiger partial charge in [0.2, 0.25) is 0 Å². The van der Waals surface area contributed by atoms with Gasteiger partial charge in [0.1, 0.15) is 11.4 Å². The van der Waals surface area contributed by atoms with E-state index in [-0.39, 0.29) is 11.9 Å². The number of allylic oxidation sites excluding steroid dienone is 3. The molecule has 1 amide bonds. The normalized spacial score (nSPS) is 24.2. The second kappa shape index (κ2) is 10.3. The van der Waals surface area contributed by atoms with Crippen molar-refractivity contribution in [1.82, 2.24) is 19.4 Å². The summed E-state index contributed by atoms with van der Waals surface area (Å²) < 4.78 is 9.02. The van der Waals surface area contributed by atoms with E-state index in [9.17, 15) is 4.79 Å². The summed E-state index contributed by atoms with van der Waals surface area (Å²) in [7, 11) is 0. The van der Waals surface area contributed by atoms with Crippen LogP contribution in [0.25, 0.3) is 6.08 Å². The molecule has 3 aromatic rings. The third-order valence-electron chi connectivity index (χ3n) is 8.83. The summed E-state index contributed by atoms with van der Waals surface area (Å²) in [5.74, 6) is 1.09. The number of imidazole rings is 1. The van der Waals surface area contributed by atoms with E-state index in [1.807, 2.05) is 24.7 Å². The zero-order valence-electron chi connectivity index (χ0n) is 23.1. The van der Waals surface area contributed by atoms with Gasteiger partial charge in [-0.15, -0.1) is 0 Å². The lowest BCUT2D eigenvalue weighted by Gasteiger charge is -2.42. The average molecular weight is 533 g/mol. The van der Waals surface area contributed by atoms with Crippen LogP contribution in [-0.4, -0.2) is 56.5 Å². The molecule has 3 heterocycles. The van der Waals surface area contributed by atoms with Gasteiger partial charge in [-0.2, -0.15) is 0 Å². The summed E-state index contributed by atoms with van der Waals surface area (Å²) in [6.45, 7) is 5.96. The van der Waals surface area contributed by atoms with Crippen LogP contribution in [0.3, 0.4) is 0 Å². The molecule has 40 heavy (non-hydrogen) atoms. The van der Waals surface area contributed by atoms with E-state index in [0.717, 1.165) is 56.6 Å². The summed E-state index contributed by atoms with van der Waals surface area (Å²) in [5.41, 5.74) is 6.44. The highest BCUT2D eigenvalue weighted by Crippen LogP contribution is 2.33. The number of hydrogen-bond acceptors (Lipinski definition) is 4. The third kappa shape index (κ3) is 4.81. The van der Waals surface area contributed by atoms with Crippen LogP contribution < -0.4 is 4.74 Å². The van der Waals surface area contributed by atoms with Crippen molar-refractivity contribution in [2.45, 2.75) is 57.3 Å². The SMILES string of the molecule is CC12C=C(C=CC1)Cn1cncc1CN1CCN(C(=O)c3cccc4c3CCC=C4)CC1Cc1ccccc1O2. The van der Waals surface area contributed by atoms with Crippen LogP contribution in [0.15, 0.2) is 84.9 Å². The van der Waals surface area contributed by atoms with Gasteiger partial charge in [0, 0.05) is 56.9 Å². The van der Waals surface area contributed by atoms with Crippen molar-refractivity contribution in [3.8, 4) is 5.75 Å². The number of benzene rings is 2. The third-order valence-corrected chi connectivity index (χ3v) is 8.83. The molecule has 1 aromatic heterocycles. The van der Waals surface area contributed by atoms with Gasteiger partial charge in [0.05, 0.1) is 12.0 Å². The number of hydrogen-bond donors (Lipinski definition) is 0. The summed E-state index contributed by atoms with van der Waals surface area (Å²) >= 11 is 0. The van der Waals surface area contributed by atoms with Crippen molar-refractivity contribution >= 4 is 12.0 Å². The Morgan fingerprint density at radius 3 is 2.92 bits per heavy atom. The fourth-order valence-corrected chi connectivity index (χ4v) is 6.74. The van der Waals surface area contributed by atoms with Crippen molar-refractivity contribution in [3.63, 3.8) is 0 Å². The molecule has 2 bridgehead atoms. The standard InChI is InChI=1S/C34H36N4O2/c1-34-15-7-8-25(19-34)21-38-24-35-20-29(38)23-36-16-17-37(22-28(36)18-27-10-3-5-14-32(27)40-34)33(39)31-13-6-11-26-9-2-4-12-30(26)31/h2-3,5-11,13-14,19-20,24,28H,4,12,15-18,21-23H2,1H3. The maximum absolute atomic E-state index is 14.0. The van der Waals surface area contributed by atoms with Gasteiger partial charge in [-0.25, -0.2) is 4.98 Å². The molecule has 7 rings (SSSR count). The zero-order valence-corrected chi connectivity index (χ0v) is 23.1. The molecule has 0 N–H and O–H groups in total. The maximum atomic E-state index is 14.0. The summed E-state index contributed by atoms with van der Waals surface area (Å²) in [6, 6.07) is 14.8. The van der Waals surface area contributed by atoms with E-state index < -0.39 is 5.60 Å². The molecule has 1 saturated heterocycles. The van der Waals surface area contributed by atoms with E-state index in [4.69, 9.17) is 4.74 Å². The largest absolute Gasteiger partial charge is 0.483 e. The monoisotopic (exact) mass is 532 g/mol. The average Bonchev–Trinajstić information content (AvgIpc) is 3.40. The Morgan fingerprint density at radius 1 is 1.05 bits per heavy atom. The molecule has 0 spiro atoms. The lowest BCUT2D eigenvalue weighted by Crippen LogP contribution is -2.55. The first-order valence-corrected chi connectivity index (χ1v) is 14.5. The molecule has 1 fully saturated rings.